The van der Waals surface area contributed by atoms with Gasteiger partial charge in [0, 0.05) is 24.3 Å². The number of halogens is 1. The Labute approximate surface area is 190 Å². The Morgan fingerprint density at radius 1 is 1.19 bits per heavy atom. The molecule has 1 aliphatic rings. The van der Waals surface area contributed by atoms with E-state index in [1.54, 1.807) is 0 Å². The lowest BCUT2D eigenvalue weighted by molar-refractivity contribution is -0.150. The number of nitrogens with one attached hydrogen (secondary N) is 2. The van der Waals surface area contributed by atoms with Crippen molar-refractivity contribution in [3.63, 3.8) is 0 Å². The van der Waals surface area contributed by atoms with E-state index in [0.29, 0.717) is 12.5 Å². The van der Waals surface area contributed by atoms with Gasteiger partial charge in [0.2, 0.25) is 0 Å². The van der Waals surface area contributed by atoms with E-state index in [9.17, 15) is 4.79 Å². The van der Waals surface area contributed by atoms with Gasteiger partial charge in [0.25, 0.3) is 0 Å². The molecule has 0 radical (unpaired) electrons. The molecule has 2 aromatic carbocycles. The molecule has 0 spiro atoms. The maximum atomic E-state index is 12.9. The fourth-order valence-electron chi connectivity index (χ4n) is 3.80. The van der Waals surface area contributed by atoms with Crippen LogP contribution in [-0.4, -0.2) is 17.5 Å². The van der Waals surface area contributed by atoms with Crippen LogP contribution in [-0.2, 0) is 22.0 Å². The molecule has 2 atom stereocenters. The minimum Gasteiger partial charge on any atom is -0.461 e. The summed E-state index contributed by atoms with van der Waals surface area (Å²) >= 11 is 6.16. The maximum Gasteiger partial charge on any atom is 0.309 e. The van der Waals surface area contributed by atoms with Crippen LogP contribution in [0.4, 0.5) is 0 Å². The number of carbonyl (C=O) groups is 1. The van der Waals surface area contributed by atoms with Crippen molar-refractivity contribution in [2.24, 2.45) is 5.92 Å². The Bertz CT molecular complexity index is 901. The number of hydrazine groups is 2. The second kappa shape index (κ2) is 11.2. The number of hydrogen-bond donors (Lipinski definition) is 2. The van der Waals surface area contributed by atoms with E-state index in [2.05, 4.69) is 49.2 Å². The highest BCUT2D eigenvalue weighted by Crippen LogP contribution is 2.33. The number of rotatable bonds is 10. The molecule has 2 N–H and O–H groups in total. The van der Waals surface area contributed by atoms with Crippen molar-refractivity contribution in [1.29, 1.82) is 0 Å². The molecular weight excluding hydrogens is 410 g/mol. The van der Waals surface area contributed by atoms with Gasteiger partial charge in [-0.3, -0.25) is 9.80 Å². The maximum absolute atomic E-state index is 12.9. The summed E-state index contributed by atoms with van der Waals surface area (Å²) in [7, 11) is 0. The van der Waals surface area contributed by atoms with Crippen LogP contribution in [0.3, 0.4) is 0 Å². The smallest absolute Gasteiger partial charge is 0.309 e. The van der Waals surface area contributed by atoms with Gasteiger partial charge in [-0.05, 0) is 54.9 Å². The van der Waals surface area contributed by atoms with E-state index in [1.807, 2.05) is 42.3 Å². The summed E-state index contributed by atoms with van der Waals surface area (Å²) in [4.78, 5) is 12.9. The Morgan fingerprint density at radius 3 is 2.65 bits per heavy atom. The fraction of sp³-hybridized carbons (Fsp3) is 0.400. The third-order valence-electron chi connectivity index (χ3n) is 5.88. The average molecular weight is 442 g/mol. The van der Waals surface area contributed by atoms with Crippen LogP contribution in [0.2, 0.25) is 0 Å². The molecule has 5 nitrogen and oxygen atoms in total. The van der Waals surface area contributed by atoms with Gasteiger partial charge in [-0.1, -0.05) is 55.5 Å². The molecule has 1 aliphatic heterocycles. The molecule has 2 unspecified atom stereocenters. The van der Waals surface area contributed by atoms with Crippen molar-refractivity contribution >= 4 is 17.6 Å². The molecule has 31 heavy (non-hydrogen) atoms. The number of aryl methyl sites for hydroxylation is 1. The van der Waals surface area contributed by atoms with Crippen LogP contribution < -0.4 is 11.0 Å². The predicted molar refractivity (Wildman–Crippen MR) is 125 cm³/mol. The summed E-state index contributed by atoms with van der Waals surface area (Å²) in [5.41, 5.74) is 11.8. The summed E-state index contributed by atoms with van der Waals surface area (Å²) in [5.74, 6) is 0.0426. The van der Waals surface area contributed by atoms with Gasteiger partial charge in [0.15, 0.2) is 0 Å². The molecule has 1 heterocycles. The molecular formula is C25H32ClN3O2. The second-order valence-electron chi connectivity index (χ2n) is 8.02. The van der Waals surface area contributed by atoms with E-state index in [0.717, 1.165) is 41.8 Å². The molecule has 2 aromatic rings. The Hall–Kier alpha value is -2.50. The molecule has 0 aliphatic carbocycles. The monoisotopic (exact) mass is 441 g/mol. The van der Waals surface area contributed by atoms with Gasteiger partial charge < -0.3 is 10.2 Å². The van der Waals surface area contributed by atoms with Crippen LogP contribution in [0.15, 0.2) is 60.4 Å². The molecule has 0 fully saturated rings. The van der Waals surface area contributed by atoms with Crippen molar-refractivity contribution in [3.05, 3.63) is 82.7 Å². The summed E-state index contributed by atoms with van der Waals surface area (Å²) in [6.07, 6.45) is 3.73. The number of nitrogens with zero attached hydrogens (tertiary/aromatic N) is 1. The SMILES string of the molecule is CCN1C=C(CCC(c2ccc(C)c(CCl)c2)C(C)C(=O)OCc2ccccc2)NN1. The van der Waals surface area contributed by atoms with E-state index in [4.69, 9.17) is 16.3 Å². The van der Waals surface area contributed by atoms with Crippen LogP contribution in [0.5, 0.6) is 0 Å². The molecule has 166 valence electrons. The highest BCUT2D eigenvalue weighted by molar-refractivity contribution is 6.17. The third kappa shape index (κ3) is 6.25. The first-order chi connectivity index (χ1) is 15.0. The first-order valence-electron chi connectivity index (χ1n) is 10.9. The number of carbonyl (C=O) groups excluding carboxylic acids is 1. The normalized spacial score (nSPS) is 15.2. The quantitative estimate of drug-likeness (QED) is 0.394. The standard InChI is InChI=1S/C25H32ClN3O2/c1-4-29-16-23(27-28-29)12-13-24(21-11-10-18(2)22(14-21)15-26)19(3)25(30)31-17-20-8-6-5-7-9-20/h5-11,14,16,19,24,27-28H,4,12-13,15,17H2,1-3H3. The molecule has 0 bridgehead atoms. The molecule has 0 saturated carbocycles. The highest BCUT2D eigenvalue weighted by atomic mass is 35.5. The average Bonchev–Trinajstić information content (AvgIpc) is 3.27. The lowest BCUT2D eigenvalue weighted by Crippen LogP contribution is -2.36. The van der Waals surface area contributed by atoms with Crippen molar-refractivity contribution < 1.29 is 9.53 Å². The predicted octanol–water partition coefficient (Wildman–Crippen LogP) is 5.16. The topological polar surface area (TPSA) is 53.6 Å². The number of hydrogen-bond acceptors (Lipinski definition) is 5. The van der Waals surface area contributed by atoms with Gasteiger partial charge >= 0.3 is 5.97 Å². The van der Waals surface area contributed by atoms with Crippen molar-refractivity contribution in [2.45, 2.75) is 52.0 Å². The molecule has 0 amide bonds. The van der Waals surface area contributed by atoms with Crippen molar-refractivity contribution in [1.82, 2.24) is 16.0 Å². The van der Waals surface area contributed by atoms with E-state index < -0.39 is 0 Å². The minimum absolute atomic E-state index is 0.0317. The zero-order chi connectivity index (χ0) is 22.2. The van der Waals surface area contributed by atoms with Gasteiger partial charge in [0.05, 0.1) is 5.92 Å². The summed E-state index contributed by atoms with van der Waals surface area (Å²) in [6.45, 7) is 7.28. The minimum atomic E-state index is -0.271. The lowest BCUT2D eigenvalue weighted by Gasteiger charge is -2.24. The van der Waals surface area contributed by atoms with Gasteiger partial charge in [-0.15, -0.1) is 17.1 Å². The zero-order valence-corrected chi connectivity index (χ0v) is 19.3. The Kier molecular flexibility index (Phi) is 8.38. The highest BCUT2D eigenvalue weighted by Gasteiger charge is 2.28. The number of ether oxygens (including phenoxy) is 1. The van der Waals surface area contributed by atoms with E-state index in [1.165, 1.54) is 5.56 Å². The molecule has 0 aromatic heterocycles. The largest absolute Gasteiger partial charge is 0.461 e. The molecule has 3 rings (SSSR count). The first kappa shape index (κ1) is 23.2. The van der Waals surface area contributed by atoms with E-state index in [-0.39, 0.29) is 17.8 Å². The third-order valence-corrected chi connectivity index (χ3v) is 6.17. The number of esters is 1. The zero-order valence-electron chi connectivity index (χ0n) is 18.5. The lowest BCUT2D eigenvalue weighted by atomic mass is 9.82. The van der Waals surface area contributed by atoms with Crippen LogP contribution in [0.1, 0.15) is 54.9 Å². The van der Waals surface area contributed by atoms with Crippen LogP contribution in [0, 0.1) is 12.8 Å². The summed E-state index contributed by atoms with van der Waals surface area (Å²) < 4.78 is 5.66. The second-order valence-corrected chi connectivity index (χ2v) is 8.29. The summed E-state index contributed by atoms with van der Waals surface area (Å²) in [5, 5.41) is 2.00. The fourth-order valence-corrected chi connectivity index (χ4v) is 4.09. The van der Waals surface area contributed by atoms with Crippen LogP contribution >= 0.6 is 11.6 Å². The van der Waals surface area contributed by atoms with Gasteiger partial charge in [0.1, 0.15) is 6.61 Å². The Balaban J connectivity index is 1.74. The number of benzene rings is 2. The van der Waals surface area contributed by atoms with Crippen molar-refractivity contribution in [3.8, 4) is 0 Å². The number of allylic oxidation sites excluding steroid dienone is 1. The van der Waals surface area contributed by atoms with E-state index >= 15 is 0 Å². The summed E-state index contributed by atoms with van der Waals surface area (Å²) in [6, 6.07) is 16.1. The molecule has 0 saturated heterocycles. The number of alkyl halides is 1. The van der Waals surface area contributed by atoms with Crippen LogP contribution in [0.25, 0.3) is 0 Å². The molecule has 6 heteroatoms. The first-order valence-corrected chi connectivity index (χ1v) is 11.4. The van der Waals surface area contributed by atoms with Gasteiger partial charge in [-0.25, -0.2) is 0 Å². The Morgan fingerprint density at radius 2 is 1.97 bits per heavy atom. The van der Waals surface area contributed by atoms with Crippen molar-refractivity contribution in [2.75, 3.05) is 6.54 Å². The van der Waals surface area contributed by atoms with Gasteiger partial charge in [-0.2, -0.15) is 0 Å².